The Morgan fingerprint density at radius 1 is 1.39 bits per heavy atom. The number of halogens is 1. The smallest absolute Gasteiger partial charge is 0.191 e. The maximum Gasteiger partial charge on any atom is 0.191 e. The molecule has 7 heteroatoms. The highest BCUT2D eigenvalue weighted by Gasteiger charge is 2.29. The zero-order valence-electron chi connectivity index (χ0n) is 15.4. The van der Waals surface area contributed by atoms with Crippen LogP contribution in [0.2, 0.25) is 0 Å². The van der Waals surface area contributed by atoms with E-state index < -0.39 is 0 Å². The van der Waals surface area contributed by atoms with Crippen molar-refractivity contribution >= 4 is 29.9 Å². The first-order valence-electron chi connectivity index (χ1n) is 8.34. The van der Waals surface area contributed by atoms with Crippen molar-refractivity contribution in [1.82, 2.24) is 15.5 Å². The Hall–Kier alpha value is -0.120. The highest BCUT2D eigenvalue weighted by molar-refractivity contribution is 14.0. The molecule has 1 fully saturated rings. The first-order valence-corrected chi connectivity index (χ1v) is 8.34. The molecule has 1 aliphatic heterocycles. The SMILES string of the molecule is CCOC(CCN(C)C)CNC(=NC)NCC1(C)CCCO1.I. The molecule has 0 aromatic rings. The van der Waals surface area contributed by atoms with Crippen LogP contribution < -0.4 is 10.6 Å². The highest BCUT2D eigenvalue weighted by Crippen LogP contribution is 2.23. The number of hydrogen-bond acceptors (Lipinski definition) is 4. The summed E-state index contributed by atoms with van der Waals surface area (Å²) in [6, 6.07) is 0. The molecule has 0 spiro atoms. The molecule has 23 heavy (non-hydrogen) atoms. The summed E-state index contributed by atoms with van der Waals surface area (Å²) in [7, 11) is 5.96. The first-order chi connectivity index (χ1) is 10.5. The average molecular weight is 442 g/mol. The zero-order valence-corrected chi connectivity index (χ0v) is 17.7. The van der Waals surface area contributed by atoms with E-state index in [2.05, 4.69) is 41.5 Å². The van der Waals surface area contributed by atoms with Crippen molar-refractivity contribution in [1.29, 1.82) is 0 Å². The van der Waals surface area contributed by atoms with Crippen molar-refractivity contribution in [3.05, 3.63) is 0 Å². The van der Waals surface area contributed by atoms with E-state index in [4.69, 9.17) is 9.47 Å². The van der Waals surface area contributed by atoms with Crippen LogP contribution >= 0.6 is 24.0 Å². The molecule has 1 saturated heterocycles. The van der Waals surface area contributed by atoms with Crippen molar-refractivity contribution in [2.24, 2.45) is 4.99 Å². The molecule has 0 aliphatic carbocycles. The molecule has 2 unspecified atom stereocenters. The fourth-order valence-electron chi connectivity index (χ4n) is 2.56. The third-order valence-electron chi connectivity index (χ3n) is 3.95. The predicted molar refractivity (Wildman–Crippen MR) is 107 cm³/mol. The molecule has 0 saturated carbocycles. The second-order valence-corrected chi connectivity index (χ2v) is 6.38. The van der Waals surface area contributed by atoms with E-state index >= 15 is 0 Å². The van der Waals surface area contributed by atoms with Gasteiger partial charge in [-0.3, -0.25) is 4.99 Å². The minimum Gasteiger partial charge on any atom is -0.377 e. The lowest BCUT2D eigenvalue weighted by Crippen LogP contribution is -2.47. The summed E-state index contributed by atoms with van der Waals surface area (Å²) >= 11 is 0. The van der Waals surface area contributed by atoms with Crippen molar-refractivity contribution < 1.29 is 9.47 Å². The second kappa shape index (κ2) is 12.3. The lowest BCUT2D eigenvalue weighted by atomic mass is 10.0. The van der Waals surface area contributed by atoms with E-state index in [1.165, 1.54) is 0 Å². The molecule has 1 rings (SSSR count). The number of nitrogens with one attached hydrogen (secondary N) is 2. The summed E-state index contributed by atoms with van der Waals surface area (Å²) in [6.45, 7) is 8.35. The Bertz CT molecular complexity index is 334. The Labute approximate surface area is 158 Å². The summed E-state index contributed by atoms with van der Waals surface area (Å²) in [5, 5.41) is 6.72. The molecule has 2 N–H and O–H groups in total. The topological polar surface area (TPSA) is 58.1 Å². The van der Waals surface area contributed by atoms with Crippen LogP contribution in [-0.4, -0.2) is 76.6 Å². The van der Waals surface area contributed by atoms with Crippen molar-refractivity contribution in [3.8, 4) is 0 Å². The molecule has 6 nitrogen and oxygen atoms in total. The molecular weight excluding hydrogens is 407 g/mol. The van der Waals surface area contributed by atoms with Gasteiger partial charge in [-0.05, 0) is 47.2 Å². The van der Waals surface area contributed by atoms with E-state index in [0.29, 0.717) is 0 Å². The van der Waals surface area contributed by atoms with Crippen molar-refractivity contribution in [3.63, 3.8) is 0 Å². The Balaban J connectivity index is 0.00000484. The highest BCUT2D eigenvalue weighted by atomic mass is 127. The molecule has 0 aromatic heterocycles. The van der Waals surface area contributed by atoms with Crippen LogP contribution in [-0.2, 0) is 9.47 Å². The summed E-state index contributed by atoms with van der Waals surface area (Å²) in [6.07, 6.45) is 3.44. The molecule has 0 aromatic carbocycles. The minimum absolute atomic E-state index is 0. The predicted octanol–water partition coefficient (Wildman–Crippen LogP) is 1.70. The van der Waals surface area contributed by atoms with Crippen LogP contribution in [0.15, 0.2) is 4.99 Å². The van der Waals surface area contributed by atoms with E-state index in [9.17, 15) is 0 Å². The third kappa shape index (κ3) is 9.69. The van der Waals surface area contributed by atoms with Gasteiger partial charge < -0.3 is 25.0 Å². The van der Waals surface area contributed by atoms with Gasteiger partial charge in [-0.25, -0.2) is 0 Å². The Kier molecular flexibility index (Phi) is 12.2. The lowest BCUT2D eigenvalue weighted by molar-refractivity contribution is 0.0241. The Morgan fingerprint density at radius 3 is 2.65 bits per heavy atom. The molecular formula is C16H35IN4O2. The van der Waals surface area contributed by atoms with E-state index in [-0.39, 0.29) is 35.7 Å². The molecule has 0 amide bonds. The zero-order chi connectivity index (χ0) is 16.4. The lowest BCUT2D eigenvalue weighted by Gasteiger charge is -2.26. The normalized spacial score (nSPS) is 22.8. The van der Waals surface area contributed by atoms with E-state index in [1.807, 2.05) is 6.92 Å². The second-order valence-electron chi connectivity index (χ2n) is 6.38. The van der Waals surface area contributed by atoms with Gasteiger partial charge in [-0.15, -0.1) is 24.0 Å². The molecule has 0 radical (unpaired) electrons. The largest absolute Gasteiger partial charge is 0.377 e. The van der Waals surface area contributed by atoms with Crippen molar-refractivity contribution in [2.45, 2.75) is 44.8 Å². The molecule has 138 valence electrons. The first kappa shape index (κ1) is 22.9. The van der Waals surface area contributed by atoms with E-state index in [0.717, 1.165) is 58.1 Å². The number of aliphatic imine (C=N–C) groups is 1. The van der Waals surface area contributed by atoms with Gasteiger partial charge in [0.2, 0.25) is 0 Å². The Morgan fingerprint density at radius 2 is 2.13 bits per heavy atom. The minimum atomic E-state index is -0.0676. The third-order valence-corrected chi connectivity index (χ3v) is 3.95. The molecule has 1 aliphatic rings. The number of ether oxygens (including phenoxy) is 2. The van der Waals surface area contributed by atoms with Crippen LogP contribution in [0, 0.1) is 0 Å². The van der Waals surface area contributed by atoms with Crippen LogP contribution in [0.1, 0.15) is 33.1 Å². The molecule has 2 atom stereocenters. The maximum atomic E-state index is 5.79. The van der Waals surface area contributed by atoms with Gasteiger partial charge in [-0.1, -0.05) is 0 Å². The molecule has 1 heterocycles. The summed E-state index contributed by atoms with van der Waals surface area (Å²) < 4.78 is 11.6. The fourth-order valence-corrected chi connectivity index (χ4v) is 2.56. The van der Waals surface area contributed by atoms with Crippen LogP contribution in [0.5, 0.6) is 0 Å². The number of guanidine groups is 1. The van der Waals surface area contributed by atoms with Crippen LogP contribution in [0.25, 0.3) is 0 Å². The summed E-state index contributed by atoms with van der Waals surface area (Å²) in [5.74, 6) is 0.811. The number of hydrogen-bond donors (Lipinski definition) is 2. The summed E-state index contributed by atoms with van der Waals surface area (Å²) in [4.78, 5) is 6.46. The van der Waals surface area contributed by atoms with Gasteiger partial charge in [0.1, 0.15) is 0 Å². The maximum absolute atomic E-state index is 5.79. The fraction of sp³-hybridized carbons (Fsp3) is 0.938. The van der Waals surface area contributed by atoms with Gasteiger partial charge in [0.25, 0.3) is 0 Å². The number of rotatable bonds is 9. The average Bonchev–Trinajstić information content (AvgIpc) is 2.91. The quantitative estimate of drug-likeness (QED) is 0.324. The van der Waals surface area contributed by atoms with Gasteiger partial charge in [0.05, 0.1) is 11.7 Å². The van der Waals surface area contributed by atoms with Crippen LogP contribution in [0.3, 0.4) is 0 Å². The van der Waals surface area contributed by atoms with Gasteiger partial charge >= 0.3 is 0 Å². The summed E-state index contributed by atoms with van der Waals surface area (Å²) in [5.41, 5.74) is -0.0676. The monoisotopic (exact) mass is 442 g/mol. The van der Waals surface area contributed by atoms with Gasteiger partial charge in [0.15, 0.2) is 5.96 Å². The van der Waals surface area contributed by atoms with Crippen molar-refractivity contribution in [2.75, 3.05) is 54.0 Å². The van der Waals surface area contributed by atoms with Gasteiger partial charge in [0, 0.05) is 39.9 Å². The van der Waals surface area contributed by atoms with E-state index in [1.54, 1.807) is 7.05 Å². The standard InChI is InChI=1S/C16H34N4O2.HI/c1-6-21-14(8-10-20(4)5)12-18-15(17-3)19-13-16(2)9-7-11-22-16;/h14H,6-13H2,1-5H3,(H2,17,18,19);1H. The van der Waals surface area contributed by atoms with Gasteiger partial charge in [-0.2, -0.15) is 0 Å². The molecule has 0 bridgehead atoms. The van der Waals surface area contributed by atoms with Crippen LogP contribution in [0.4, 0.5) is 0 Å². The number of nitrogens with zero attached hydrogens (tertiary/aromatic N) is 2.